The maximum Gasteiger partial charge on any atom is 0.185 e. The number of benzene rings is 1. The molecule has 0 heterocycles. The molecule has 1 saturated carbocycles. The fourth-order valence-electron chi connectivity index (χ4n) is 3.26. The Kier molecular flexibility index (Phi) is 4.23. The van der Waals surface area contributed by atoms with Crippen LogP contribution in [0.1, 0.15) is 43.0 Å². The molecule has 0 aliphatic heterocycles. The van der Waals surface area contributed by atoms with Gasteiger partial charge in [0.05, 0.1) is 11.1 Å². The van der Waals surface area contributed by atoms with Crippen LogP contribution in [0.15, 0.2) is 18.2 Å². The highest BCUT2D eigenvalue weighted by Crippen LogP contribution is 2.38. The number of carbonyl (C=O) groups is 1. The second-order valence-electron chi connectivity index (χ2n) is 6.08. The number of halogens is 2. The van der Waals surface area contributed by atoms with Crippen molar-refractivity contribution in [1.82, 2.24) is 4.90 Å². The topological polar surface area (TPSA) is 20.3 Å². The van der Waals surface area contributed by atoms with Crippen LogP contribution < -0.4 is 0 Å². The molecule has 1 aliphatic carbocycles. The van der Waals surface area contributed by atoms with Crippen LogP contribution in [0.25, 0.3) is 0 Å². The van der Waals surface area contributed by atoms with Crippen LogP contribution in [0.4, 0.5) is 8.78 Å². The van der Waals surface area contributed by atoms with Gasteiger partial charge in [-0.2, -0.15) is 0 Å². The number of Topliss-reactive ketones (excluding diaryl/α,β-unsaturated/α-hetero) is 1. The average Bonchev–Trinajstić information content (AvgIpc) is 2.37. The van der Waals surface area contributed by atoms with Gasteiger partial charge in [-0.1, -0.05) is 19.8 Å². The summed E-state index contributed by atoms with van der Waals surface area (Å²) in [4.78, 5) is 14.7. The van der Waals surface area contributed by atoms with Gasteiger partial charge in [-0.05, 0) is 45.0 Å². The molecule has 0 saturated heterocycles. The fraction of sp³-hybridized carbons (Fsp3) is 0.562. The zero-order valence-corrected chi connectivity index (χ0v) is 12.2. The number of carbonyl (C=O) groups excluding carboxylic acids is 1. The molecular formula is C16H21F2NO. The van der Waals surface area contributed by atoms with Crippen LogP contribution >= 0.6 is 0 Å². The molecule has 2 atom stereocenters. The summed E-state index contributed by atoms with van der Waals surface area (Å²) in [6, 6.07) is 3.19. The predicted molar refractivity (Wildman–Crippen MR) is 74.7 cm³/mol. The van der Waals surface area contributed by atoms with E-state index in [1.54, 1.807) is 0 Å². The summed E-state index contributed by atoms with van der Waals surface area (Å²) < 4.78 is 26.9. The second-order valence-corrected chi connectivity index (χ2v) is 6.08. The van der Waals surface area contributed by atoms with E-state index in [1.165, 1.54) is 6.07 Å². The summed E-state index contributed by atoms with van der Waals surface area (Å²) in [6.45, 7) is 2.12. The van der Waals surface area contributed by atoms with Crippen molar-refractivity contribution < 1.29 is 13.6 Å². The zero-order chi connectivity index (χ0) is 14.9. The summed E-state index contributed by atoms with van der Waals surface area (Å²) in [5.41, 5.74) is -0.676. The van der Waals surface area contributed by atoms with E-state index in [4.69, 9.17) is 0 Å². The summed E-state index contributed by atoms with van der Waals surface area (Å²) in [5, 5.41) is 0. The lowest BCUT2D eigenvalue weighted by atomic mass is 9.71. The third-order valence-electron chi connectivity index (χ3n) is 4.43. The molecule has 2 rings (SSSR count). The first-order valence-corrected chi connectivity index (χ1v) is 7.04. The monoisotopic (exact) mass is 281 g/mol. The maximum absolute atomic E-state index is 13.9. The molecule has 1 aliphatic rings. The highest BCUT2D eigenvalue weighted by Gasteiger charge is 2.44. The minimum absolute atomic E-state index is 0.00537. The van der Waals surface area contributed by atoms with Crippen molar-refractivity contribution in [2.24, 2.45) is 5.92 Å². The highest BCUT2D eigenvalue weighted by molar-refractivity contribution is 6.03. The number of rotatable bonds is 3. The molecule has 1 aromatic rings. The van der Waals surface area contributed by atoms with Crippen LogP contribution in [-0.4, -0.2) is 30.3 Å². The molecular weight excluding hydrogens is 260 g/mol. The van der Waals surface area contributed by atoms with Crippen molar-refractivity contribution >= 4 is 5.78 Å². The lowest BCUT2D eigenvalue weighted by Crippen LogP contribution is -2.54. The quantitative estimate of drug-likeness (QED) is 0.788. The summed E-state index contributed by atoms with van der Waals surface area (Å²) >= 11 is 0. The SMILES string of the molecule is CC1CCCC(C(=O)c2ccc(F)cc2F)(N(C)C)C1. The van der Waals surface area contributed by atoms with Gasteiger partial charge >= 0.3 is 0 Å². The number of likely N-dealkylation sites (N-methyl/N-ethyl adjacent to an activating group) is 1. The molecule has 0 spiro atoms. The van der Waals surface area contributed by atoms with Gasteiger partial charge in [0.25, 0.3) is 0 Å². The van der Waals surface area contributed by atoms with E-state index in [2.05, 4.69) is 6.92 Å². The lowest BCUT2D eigenvalue weighted by Gasteiger charge is -2.43. The van der Waals surface area contributed by atoms with E-state index >= 15 is 0 Å². The third kappa shape index (κ3) is 2.62. The maximum atomic E-state index is 13.9. The fourth-order valence-corrected chi connectivity index (χ4v) is 3.26. The van der Waals surface area contributed by atoms with E-state index in [0.717, 1.165) is 37.8 Å². The van der Waals surface area contributed by atoms with Gasteiger partial charge in [0.2, 0.25) is 0 Å². The Morgan fingerprint density at radius 1 is 1.35 bits per heavy atom. The molecule has 0 radical (unpaired) electrons. The Labute approximate surface area is 118 Å². The Morgan fingerprint density at radius 2 is 2.05 bits per heavy atom. The van der Waals surface area contributed by atoms with Gasteiger partial charge in [0.1, 0.15) is 11.6 Å². The molecule has 0 bridgehead atoms. The number of nitrogens with zero attached hydrogens (tertiary/aromatic N) is 1. The van der Waals surface area contributed by atoms with Gasteiger partial charge in [0.15, 0.2) is 5.78 Å². The smallest absolute Gasteiger partial charge is 0.185 e. The van der Waals surface area contributed by atoms with Gasteiger partial charge in [0, 0.05) is 6.07 Å². The number of ketones is 1. The van der Waals surface area contributed by atoms with Crippen molar-refractivity contribution in [3.05, 3.63) is 35.4 Å². The largest absolute Gasteiger partial charge is 0.297 e. The zero-order valence-electron chi connectivity index (χ0n) is 12.2. The Morgan fingerprint density at radius 3 is 2.60 bits per heavy atom. The summed E-state index contributed by atoms with van der Waals surface area (Å²) in [6.07, 6.45) is 3.48. The summed E-state index contributed by atoms with van der Waals surface area (Å²) in [5.74, 6) is -1.23. The molecule has 20 heavy (non-hydrogen) atoms. The third-order valence-corrected chi connectivity index (χ3v) is 4.43. The lowest BCUT2D eigenvalue weighted by molar-refractivity contribution is 0.0482. The average molecular weight is 281 g/mol. The van der Waals surface area contributed by atoms with Crippen molar-refractivity contribution in [3.8, 4) is 0 Å². The van der Waals surface area contributed by atoms with Gasteiger partial charge in [-0.15, -0.1) is 0 Å². The Balaban J connectivity index is 2.41. The standard InChI is InChI=1S/C16H21F2NO/c1-11-5-4-8-16(10-11,19(2)3)15(20)13-7-6-12(17)9-14(13)18/h6-7,9,11H,4-5,8,10H2,1-3H3. The first kappa shape index (κ1) is 15.1. The van der Waals surface area contributed by atoms with Gasteiger partial charge < -0.3 is 0 Å². The van der Waals surface area contributed by atoms with E-state index in [-0.39, 0.29) is 11.3 Å². The van der Waals surface area contributed by atoms with E-state index < -0.39 is 17.2 Å². The van der Waals surface area contributed by atoms with Crippen molar-refractivity contribution in [3.63, 3.8) is 0 Å². The number of hydrogen-bond acceptors (Lipinski definition) is 2. The highest BCUT2D eigenvalue weighted by atomic mass is 19.1. The molecule has 4 heteroatoms. The minimum atomic E-state index is -0.769. The van der Waals surface area contributed by atoms with Crippen LogP contribution in [-0.2, 0) is 0 Å². The minimum Gasteiger partial charge on any atom is -0.297 e. The van der Waals surface area contributed by atoms with Crippen LogP contribution in [0.2, 0.25) is 0 Å². The second kappa shape index (κ2) is 5.60. The van der Waals surface area contributed by atoms with Crippen molar-refractivity contribution in [1.29, 1.82) is 0 Å². The van der Waals surface area contributed by atoms with E-state index in [9.17, 15) is 13.6 Å². The molecule has 2 unspecified atom stereocenters. The van der Waals surface area contributed by atoms with Crippen LogP contribution in [0.5, 0.6) is 0 Å². The Bertz CT molecular complexity index is 515. The molecule has 2 nitrogen and oxygen atoms in total. The first-order valence-electron chi connectivity index (χ1n) is 7.04. The summed E-state index contributed by atoms with van der Waals surface area (Å²) in [7, 11) is 3.72. The molecule has 0 aromatic heterocycles. The van der Waals surface area contributed by atoms with Crippen molar-refractivity contribution in [2.45, 2.75) is 38.1 Å². The van der Waals surface area contributed by atoms with Gasteiger partial charge in [-0.3, -0.25) is 9.69 Å². The first-order chi connectivity index (χ1) is 9.36. The van der Waals surface area contributed by atoms with E-state index in [1.807, 2.05) is 19.0 Å². The van der Waals surface area contributed by atoms with Gasteiger partial charge in [-0.25, -0.2) is 8.78 Å². The normalized spacial score (nSPS) is 26.8. The van der Waals surface area contributed by atoms with Crippen LogP contribution in [0.3, 0.4) is 0 Å². The van der Waals surface area contributed by atoms with Crippen LogP contribution in [0, 0.1) is 17.6 Å². The Hall–Kier alpha value is -1.29. The molecule has 1 aromatic carbocycles. The molecule has 0 N–H and O–H groups in total. The van der Waals surface area contributed by atoms with Crippen molar-refractivity contribution in [2.75, 3.05) is 14.1 Å². The predicted octanol–water partition coefficient (Wildman–Crippen LogP) is 3.66. The molecule has 110 valence electrons. The molecule has 0 amide bonds. The number of hydrogen-bond donors (Lipinski definition) is 0. The molecule has 1 fully saturated rings. The van der Waals surface area contributed by atoms with E-state index in [0.29, 0.717) is 5.92 Å².